The number of ether oxygens (including phenoxy) is 1. The summed E-state index contributed by atoms with van der Waals surface area (Å²) in [5, 5.41) is 18.4. The van der Waals surface area contributed by atoms with E-state index in [9.17, 15) is 0 Å². The van der Waals surface area contributed by atoms with Crippen LogP contribution in [0.1, 0.15) is 5.56 Å². The number of nitrogens with zero attached hydrogens (tertiary/aromatic N) is 4. The van der Waals surface area contributed by atoms with Gasteiger partial charge in [-0.25, -0.2) is 5.01 Å². The summed E-state index contributed by atoms with van der Waals surface area (Å²) >= 11 is 0. The number of anilines is 1. The molecule has 1 fully saturated rings. The lowest BCUT2D eigenvalue weighted by Gasteiger charge is -2.27. The van der Waals surface area contributed by atoms with Crippen molar-refractivity contribution in [1.29, 1.82) is 5.26 Å². The van der Waals surface area contributed by atoms with Gasteiger partial charge < -0.3 is 10.2 Å². The summed E-state index contributed by atoms with van der Waals surface area (Å²) in [5.74, 6) is 0.502. The predicted octanol–water partition coefficient (Wildman–Crippen LogP) is 0.00738. The van der Waals surface area contributed by atoms with Gasteiger partial charge in [0.2, 0.25) is 0 Å². The lowest BCUT2D eigenvalue weighted by molar-refractivity contribution is 0.0494. The molecule has 1 aliphatic heterocycles. The fourth-order valence-electron chi connectivity index (χ4n) is 1.33. The molecule has 0 aliphatic carbocycles. The normalized spacial score (nSPS) is 17.0. The second-order valence-corrected chi connectivity index (χ2v) is 3.12. The van der Waals surface area contributed by atoms with Crippen molar-refractivity contribution in [2.45, 2.75) is 0 Å². The van der Waals surface area contributed by atoms with Crippen LogP contribution in [0.15, 0.2) is 12.3 Å². The van der Waals surface area contributed by atoms with Crippen molar-refractivity contribution < 1.29 is 4.74 Å². The van der Waals surface area contributed by atoms with Crippen molar-refractivity contribution in [1.82, 2.24) is 15.2 Å². The van der Waals surface area contributed by atoms with Gasteiger partial charge in [-0.15, -0.1) is 5.10 Å². The first-order chi connectivity index (χ1) is 7.40. The Balaban J connectivity index is 2.06. The minimum absolute atomic E-state index is 0.497. The van der Waals surface area contributed by atoms with E-state index >= 15 is 0 Å². The Morgan fingerprint density at radius 1 is 1.47 bits per heavy atom. The van der Waals surface area contributed by atoms with Crippen LogP contribution in [0.25, 0.3) is 0 Å². The van der Waals surface area contributed by atoms with Gasteiger partial charge in [0.25, 0.3) is 0 Å². The molecule has 0 aromatic carbocycles. The Labute approximate surface area is 87.4 Å². The molecule has 78 valence electrons. The molecule has 15 heavy (non-hydrogen) atoms. The van der Waals surface area contributed by atoms with Gasteiger partial charge in [0, 0.05) is 13.1 Å². The molecule has 0 unspecified atom stereocenters. The molecule has 1 saturated heterocycles. The predicted molar refractivity (Wildman–Crippen MR) is 52.8 cm³/mol. The van der Waals surface area contributed by atoms with E-state index in [0.29, 0.717) is 24.6 Å². The van der Waals surface area contributed by atoms with E-state index in [1.54, 1.807) is 6.07 Å². The van der Waals surface area contributed by atoms with Crippen molar-refractivity contribution in [3.05, 3.63) is 17.8 Å². The van der Waals surface area contributed by atoms with Crippen LogP contribution in [0.2, 0.25) is 0 Å². The molecule has 1 aromatic heterocycles. The standard InChI is InChI=1S/C9H11N5O/c10-7-8-1-2-11-12-9(8)13-14-3-5-15-6-4-14/h1-2H,3-6H2,(H,12,13). The number of nitriles is 1. The SMILES string of the molecule is N#Cc1ccnnc1NN1CCOCC1. The van der Waals surface area contributed by atoms with Crippen LogP contribution in [-0.4, -0.2) is 41.5 Å². The fraction of sp³-hybridized carbons (Fsp3) is 0.444. The molecule has 0 amide bonds. The number of morpholine rings is 1. The maximum absolute atomic E-state index is 8.85. The van der Waals surface area contributed by atoms with E-state index in [1.807, 2.05) is 5.01 Å². The molecule has 1 aromatic rings. The van der Waals surface area contributed by atoms with Gasteiger partial charge in [-0.2, -0.15) is 10.4 Å². The van der Waals surface area contributed by atoms with Gasteiger partial charge in [0.05, 0.1) is 25.0 Å². The molecule has 2 heterocycles. The first-order valence-corrected chi connectivity index (χ1v) is 4.71. The van der Waals surface area contributed by atoms with Crippen LogP contribution >= 0.6 is 0 Å². The fourth-order valence-corrected chi connectivity index (χ4v) is 1.33. The number of hydrogen-bond donors (Lipinski definition) is 1. The van der Waals surface area contributed by atoms with Crippen LogP contribution in [0.4, 0.5) is 5.82 Å². The summed E-state index contributed by atoms with van der Waals surface area (Å²) in [6, 6.07) is 3.70. The van der Waals surface area contributed by atoms with Gasteiger partial charge in [0.1, 0.15) is 6.07 Å². The summed E-state index contributed by atoms with van der Waals surface area (Å²) in [4.78, 5) is 0. The Hall–Kier alpha value is -1.71. The zero-order valence-corrected chi connectivity index (χ0v) is 8.18. The molecular formula is C9H11N5O. The summed E-state index contributed by atoms with van der Waals surface area (Å²) in [6.45, 7) is 2.94. The maximum Gasteiger partial charge on any atom is 0.180 e. The van der Waals surface area contributed by atoms with Crippen LogP contribution < -0.4 is 5.43 Å². The highest BCUT2D eigenvalue weighted by atomic mass is 16.5. The molecule has 1 aliphatic rings. The summed E-state index contributed by atoms with van der Waals surface area (Å²) in [6.07, 6.45) is 1.50. The van der Waals surface area contributed by atoms with Gasteiger partial charge in [-0.05, 0) is 6.07 Å². The smallest absolute Gasteiger partial charge is 0.180 e. The highest BCUT2D eigenvalue weighted by Gasteiger charge is 2.12. The molecule has 6 nitrogen and oxygen atoms in total. The van der Waals surface area contributed by atoms with Crippen LogP contribution in [0, 0.1) is 11.3 Å². The Morgan fingerprint density at radius 2 is 2.27 bits per heavy atom. The summed E-state index contributed by atoms with van der Waals surface area (Å²) in [5.41, 5.74) is 3.55. The number of hydrogen-bond acceptors (Lipinski definition) is 6. The third-order valence-corrected chi connectivity index (χ3v) is 2.12. The molecule has 1 N–H and O–H groups in total. The zero-order chi connectivity index (χ0) is 10.5. The van der Waals surface area contributed by atoms with Crippen LogP contribution in [0.5, 0.6) is 0 Å². The first kappa shape index (κ1) is 9.83. The van der Waals surface area contributed by atoms with E-state index in [2.05, 4.69) is 21.7 Å². The minimum atomic E-state index is 0.497. The van der Waals surface area contributed by atoms with E-state index in [-0.39, 0.29) is 0 Å². The van der Waals surface area contributed by atoms with Crippen molar-refractivity contribution in [3.8, 4) is 6.07 Å². The molecule has 0 saturated carbocycles. The third-order valence-electron chi connectivity index (χ3n) is 2.12. The summed E-state index contributed by atoms with van der Waals surface area (Å²) < 4.78 is 5.21. The van der Waals surface area contributed by atoms with E-state index in [4.69, 9.17) is 10.00 Å². The van der Waals surface area contributed by atoms with Crippen molar-refractivity contribution in [2.24, 2.45) is 0 Å². The average molecular weight is 205 g/mol. The largest absolute Gasteiger partial charge is 0.379 e. The lowest BCUT2D eigenvalue weighted by atomic mass is 10.3. The van der Waals surface area contributed by atoms with Gasteiger partial charge in [-0.3, -0.25) is 0 Å². The second kappa shape index (κ2) is 4.68. The maximum atomic E-state index is 8.85. The highest BCUT2D eigenvalue weighted by Crippen LogP contribution is 2.10. The van der Waals surface area contributed by atoms with Crippen LogP contribution in [0.3, 0.4) is 0 Å². The number of rotatable bonds is 2. The number of nitrogens with one attached hydrogen (secondary N) is 1. The monoisotopic (exact) mass is 205 g/mol. The minimum Gasteiger partial charge on any atom is -0.379 e. The average Bonchev–Trinajstić information content (AvgIpc) is 2.31. The molecule has 0 radical (unpaired) electrons. The first-order valence-electron chi connectivity index (χ1n) is 4.71. The Morgan fingerprint density at radius 3 is 3.00 bits per heavy atom. The van der Waals surface area contributed by atoms with Crippen molar-refractivity contribution in [2.75, 3.05) is 31.7 Å². The molecule has 0 spiro atoms. The Bertz CT molecular complexity index is 369. The Kier molecular flexibility index (Phi) is 3.07. The van der Waals surface area contributed by atoms with Crippen molar-refractivity contribution >= 4 is 5.82 Å². The van der Waals surface area contributed by atoms with Gasteiger partial charge in [-0.1, -0.05) is 0 Å². The third kappa shape index (κ3) is 2.40. The summed E-state index contributed by atoms with van der Waals surface area (Å²) in [7, 11) is 0. The molecule has 0 atom stereocenters. The molecule has 2 rings (SSSR count). The van der Waals surface area contributed by atoms with Gasteiger partial charge in [0.15, 0.2) is 5.82 Å². The number of aromatic nitrogens is 2. The lowest BCUT2D eigenvalue weighted by Crippen LogP contribution is -2.40. The van der Waals surface area contributed by atoms with Crippen LogP contribution in [-0.2, 0) is 4.74 Å². The zero-order valence-electron chi connectivity index (χ0n) is 8.18. The molecule has 0 bridgehead atoms. The second-order valence-electron chi connectivity index (χ2n) is 3.12. The van der Waals surface area contributed by atoms with E-state index in [1.165, 1.54) is 6.20 Å². The highest BCUT2D eigenvalue weighted by molar-refractivity contribution is 5.49. The van der Waals surface area contributed by atoms with Gasteiger partial charge >= 0.3 is 0 Å². The van der Waals surface area contributed by atoms with E-state index in [0.717, 1.165) is 13.1 Å². The van der Waals surface area contributed by atoms with Crippen molar-refractivity contribution in [3.63, 3.8) is 0 Å². The molecular weight excluding hydrogens is 194 g/mol. The topological polar surface area (TPSA) is 74.1 Å². The molecule has 6 heteroatoms. The van der Waals surface area contributed by atoms with E-state index < -0.39 is 0 Å². The number of hydrazine groups is 1. The quantitative estimate of drug-likeness (QED) is 0.733.